The van der Waals surface area contributed by atoms with E-state index in [1.54, 1.807) is 0 Å². The van der Waals surface area contributed by atoms with Crippen molar-refractivity contribution >= 4 is 0 Å². The van der Waals surface area contributed by atoms with Gasteiger partial charge in [0, 0.05) is 12.8 Å². The minimum atomic E-state index is -1.98. The Bertz CT molecular complexity index is 64.0. The summed E-state index contributed by atoms with van der Waals surface area (Å²) in [5, 5.41) is 0. The lowest BCUT2D eigenvalue weighted by Gasteiger charge is -2.01. The summed E-state index contributed by atoms with van der Waals surface area (Å²) in [4.78, 5) is 0. The summed E-state index contributed by atoms with van der Waals surface area (Å²) in [6.07, 6.45) is -5.06. The van der Waals surface area contributed by atoms with Gasteiger partial charge in [-0.3, -0.25) is 4.39 Å². The van der Waals surface area contributed by atoms with Crippen molar-refractivity contribution in [2.75, 3.05) is 6.67 Å². The summed E-state index contributed by atoms with van der Waals surface area (Å²) in [7, 11) is 0. The lowest BCUT2D eigenvalue weighted by Crippen LogP contribution is -2.02. The standard InChI is InChI=1S/C5H7F4/c6-2-1-4(7)3-5(8)9/h4H,1-3H2. The highest BCUT2D eigenvalue weighted by molar-refractivity contribution is 4.67. The molecule has 9 heavy (non-hydrogen) atoms. The van der Waals surface area contributed by atoms with Crippen molar-refractivity contribution in [3.8, 4) is 0 Å². The Balaban J connectivity index is 3.15. The van der Waals surface area contributed by atoms with Crippen LogP contribution in [0.4, 0.5) is 17.6 Å². The maximum atomic E-state index is 11.9. The summed E-state index contributed by atoms with van der Waals surface area (Å²) in [5.74, 6) is 0. The fourth-order valence-corrected chi connectivity index (χ4v) is 0.388. The van der Waals surface area contributed by atoms with Gasteiger partial charge in [0.05, 0.1) is 6.67 Å². The van der Waals surface area contributed by atoms with Gasteiger partial charge in [0.25, 0.3) is 0 Å². The molecule has 0 aliphatic rings. The SMILES string of the molecule is FCCC(F)C[C](F)F. The minimum Gasteiger partial charge on any atom is -0.251 e. The van der Waals surface area contributed by atoms with Crippen molar-refractivity contribution in [1.29, 1.82) is 0 Å². The monoisotopic (exact) mass is 143 g/mol. The Morgan fingerprint density at radius 1 is 1.33 bits per heavy atom. The van der Waals surface area contributed by atoms with Crippen molar-refractivity contribution in [1.82, 2.24) is 0 Å². The zero-order valence-electron chi connectivity index (χ0n) is 4.71. The van der Waals surface area contributed by atoms with Gasteiger partial charge in [-0.25, -0.2) is 4.39 Å². The third kappa shape index (κ3) is 5.59. The van der Waals surface area contributed by atoms with Crippen molar-refractivity contribution in [3.05, 3.63) is 6.43 Å². The van der Waals surface area contributed by atoms with Crippen molar-refractivity contribution in [2.24, 2.45) is 0 Å². The van der Waals surface area contributed by atoms with Crippen LogP contribution in [-0.4, -0.2) is 12.8 Å². The van der Waals surface area contributed by atoms with E-state index >= 15 is 0 Å². The van der Waals surface area contributed by atoms with Crippen LogP contribution in [0.5, 0.6) is 0 Å². The molecule has 0 saturated heterocycles. The van der Waals surface area contributed by atoms with Gasteiger partial charge >= 0.3 is 6.43 Å². The van der Waals surface area contributed by atoms with Gasteiger partial charge in [-0.2, -0.15) is 8.78 Å². The quantitative estimate of drug-likeness (QED) is 0.530. The first kappa shape index (κ1) is 8.72. The number of alkyl halides is 2. The van der Waals surface area contributed by atoms with Crippen LogP contribution >= 0.6 is 0 Å². The second kappa shape index (κ2) is 4.58. The number of rotatable bonds is 4. The molecule has 0 aliphatic carbocycles. The van der Waals surface area contributed by atoms with Gasteiger partial charge in [0.1, 0.15) is 6.17 Å². The molecule has 0 bridgehead atoms. The predicted octanol–water partition coefficient (Wildman–Crippen LogP) is 2.50. The Morgan fingerprint density at radius 2 is 1.89 bits per heavy atom. The van der Waals surface area contributed by atoms with E-state index in [1.807, 2.05) is 0 Å². The molecule has 0 saturated carbocycles. The van der Waals surface area contributed by atoms with Crippen LogP contribution in [0.1, 0.15) is 12.8 Å². The average Bonchev–Trinajstić information content (AvgIpc) is 1.63. The van der Waals surface area contributed by atoms with E-state index in [-0.39, 0.29) is 0 Å². The first-order valence-electron chi connectivity index (χ1n) is 2.53. The average molecular weight is 143 g/mol. The molecular formula is C5H7F4. The molecule has 55 valence electrons. The van der Waals surface area contributed by atoms with Gasteiger partial charge in [-0.1, -0.05) is 0 Å². The molecule has 1 unspecified atom stereocenters. The summed E-state index contributed by atoms with van der Waals surface area (Å²) in [5.41, 5.74) is 0. The van der Waals surface area contributed by atoms with Crippen molar-refractivity contribution in [3.63, 3.8) is 0 Å². The topological polar surface area (TPSA) is 0 Å². The Labute approximate surface area is 50.9 Å². The van der Waals surface area contributed by atoms with Crippen LogP contribution in [0.25, 0.3) is 0 Å². The van der Waals surface area contributed by atoms with E-state index < -0.39 is 32.1 Å². The van der Waals surface area contributed by atoms with Gasteiger partial charge in [-0.15, -0.1) is 0 Å². The van der Waals surface area contributed by atoms with Crippen LogP contribution in [0.3, 0.4) is 0 Å². The Morgan fingerprint density at radius 3 is 2.22 bits per heavy atom. The Hall–Kier alpha value is -0.280. The van der Waals surface area contributed by atoms with Crippen molar-refractivity contribution < 1.29 is 17.6 Å². The molecule has 1 radical (unpaired) electrons. The maximum absolute atomic E-state index is 11.9. The third-order valence-electron chi connectivity index (χ3n) is 0.798. The highest BCUT2D eigenvalue weighted by Crippen LogP contribution is 2.16. The van der Waals surface area contributed by atoms with E-state index in [9.17, 15) is 17.6 Å². The fourth-order valence-electron chi connectivity index (χ4n) is 0.388. The normalized spacial score (nSPS) is 14.3. The lowest BCUT2D eigenvalue weighted by molar-refractivity contribution is 0.190. The molecule has 0 nitrogen and oxygen atoms in total. The third-order valence-corrected chi connectivity index (χ3v) is 0.798. The van der Waals surface area contributed by atoms with Gasteiger partial charge < -0.3 is 0 Å². The fraction of sp³-hybridized carbons (Fsp3) is 0.800. The molecule has 0 rings (SSSR count). The zero-order valence-corrected chi connectivity index (χ0v) is 4.71. The molecule has 0 heterocycles. The molecule has 0 amide bonds. The van der Waals surface area contributed by atoms with Gasteiger partial charge in [0.15, 0.2) is 0 Å². The zero-order chi connectivity index (χ0) is 7.28. The Kier molecular flexibility index (Phi) is 4.44. The molecule has 0 aliphatic heterocycles. The number of hydrogen-bond acceptors (Lipinski definition) is 0. The van der Waals surface area contributed by atoms with Crippen LogP contribution in [0, 0.1) is 6.43 Å². The van der Waals surface area contributed by atoms with Crippen molar-refractivity contribution in [2.45, 2.75) is 19.0 Å². The second-order valence-corrected chi connectivity index (χ2v) is 1.62. The van der Waals surface area contributed by atoms with E-state index in [0.29, 0.717) is 0 Å². The van der Waals surface area contributed by atoms with Gasteiger partial charge in [-0.05, 0) is 0 Å². The predicted molar refractivity (Wildman–Crippen MR) is 25.6 cm³/mol. The summed E-state index contributed by atoms with van der Waals surface area (Å²) < 4.78 is 45.4. The van der Waals surface area contributed by atoms with Crippen LogP contribution in [-0.2, 0) is 0 Å². The minimum absolute atomic E-state index is 0.433. The highest BCUT2D eigenvalue weighted by atomic mass is 19.3. The number of hydrogen-bond donors (Lipinski definition) is 0. The van der Waals surface area contributed by atoms with E-state index in [2.05, 4.69) is 0 Å². The van der Waals surface area contributed by atoms with E-state index in [1.165, 1.54) is 0 Å². The molecule has 0 aromatic carbocycles. The molecule has 0 aromatic rings. The first-order valence-corrected chi connectivity index (χ1v) is 2.53. The second-order valence-electron chi connectivity index (χ2n) is 1.62. The van der Waals surface area contributed by atoms with Crippen LogP contribution in [0.2, 0.25) is 0 Å². The maximum Gasteiger partial charge on any atom is 0.313 e. The first-order chi connectivity index (χ1) is 4.16. The van der Waals surface area contributed by atoms with Crippen LogP contribution < -0.4 is 0 Å². The largest absolute Gasteiger partial charge is 0.313 e. The molecule has 4 heteroatoms. The smallest absolute Gasteiger partial charge is 0.251 e. The summed E-state index contributed by atoms with van der Waals surface area (Å²) in [6.45, 7) is -0.881. The van der Waals surface area contributed by atoms with Gasteiger partial charge in [0.2, 0.25) is 0 Å². The summed E-state index contributed by atoms with van der Waals surface area (Å²) >= 11 is 0. The summed E-state index contributed by atoms with van der Waals surface area (Å²) in [6, 6.07) is 0. The molecular weight excluding hydrogens is 136 g/mol. The molecule has 1 atom stereocenters. The lowest BCUT2D eigenvalue weighted by atomic mass is 10.2. The number of halogens is 4. The van der Waals surface area contributed by atoms with E-state index in [4.69, 9.17) is 0 Å². The molecule has 0 spiro atoms. The van der Waals surface area contributed by atoms with Crippen LogP contribution in [0.15, 0.2) is 0 Å². The molecule has 0 aromatic heterocycles. The molecule has 0 N–H and O–H groups in total. The molecule has 0 fully saturated rings. The van der Waals surface area contributed by atoms with E-state index in [0.717, 1.165) is 0 Å². The highest BCUT2D eigenvalue weighted by Gasteiger charge is 2.14.